The van der Waals surface area contributed by atoms with Crippen molar-refractivity contribution in [3.05, 3.63) is 0 Å². The third kappa shape index (κ3) is 13.6. The summed E-state index contributed by atoms with van der Waals surface area (Å²) in [5.74, 6) is -1.42. The number of hydrogen-bond acceptors (Lipinski definition) is 3. The number of esters is 1. The molecule has 1 N–H and O–H groups in total. The highest BCUT2D eigenvalue weighted by Gasteiger charge is 2.10. The Morgan fingerprint density at radius 3 is 2.13 bits per heavy atom. The fraction of sp³-hybridized carbons (Fsp3) is 0.778. The third-order valence-corrected chi connectivity index (χ3v) is 1.57. The summed E-state index contributed by atoms with van der Waals surface area (Å²) in [6.07, 6.45) is -0.213. The number of hydrogen-bond donors (Lipinski definition) is 1. The van der Waals surface area contributed by atoms with Crippen molar-refractivity contribution in [1.29, 1.82) is 0 Å². The van der Waals surface area contributed by atoms with E-state index >= 15 is 0 Å². The number of carboxylic acids is 1. The van der Waals surface area contributed by atoms with Crippen molar-refractivity contribution < 1.29 is 47.9 Å². The average Bonchev–Trinajstić information content (AvgIpc) is 1.98. The van der Waals surface area contributed by atoms with E-state index in [1.54, 1.807) is 0 Å². The van der Waals surface area contributed by atoms with Gasteiger partial charge in [0.05, 0.1) is 34.0 Å². The molecule has 15 heavy (non-hydrogen) atoms. The summed E-state index contributed by atoms with van der Waals surface area (Å²) in [4.78, 5) is 21.1. The van der Waals surface area contributed by atoms with Gasteiger partial charge in [-0.3, -0.25) is 9.59 Å². The van der Waals surface area contributed by atoms with Crippen LogP contribution in [0.1, 0.15) is 12.8 Å². The molecule has 0 heterocycles. The highest BCUT2D eigenvalue weighted by molar-refractivity contribution is 5.76. The number of carbonyl (C=O) groups excluding carboxylic acids is 1. The lowest BCUT2D eigenvalue weighted by atomic mass is 10.3. The van der Waals surface area contributed by atoms with Crippen LogP contribution in [0.15, 0.2) is 0 Å². The van der Waals surface area contributed by atoms with Crippen LogP contribution >= 0.6 is 0 Å². The van der Waals surface area contributed by atoms with Crippen LogP contribution in [0.25, 0.3) is 0 Å². The monoisotopic (exact) mass is 331 g/mol. The second-order valence-electron chi connectivity index (χ2n) is 4.13. The molecular weight excluding hydrogens is 313 g/mol. The molecule has 0 aromatic rings. The average molecular weight is 331 g/mol. The Hall–Kier alpha value is -0.370. The molecule has 0 aliphatic carbocycles. The summed E-state index contributed by atoms with van der Waals surface area (Å²) in [7, 11) is 5.97. The number of carbonyl (C=O) groups is 2. The normalized spacial score (nSPS) is 10.3. The van der Waals surface area contributed by atoms with Crippen molar-refractivity contribution >= 4 is 11.9 Å². The molecule has 0 radical (unpaired) electrons. The molecule has 0 rings (SSSR count). The largest absolute Gasteiger partial charge is 1.00 e. The van der Waals surface area contributed by atoms with Crippen LogP contribution in [0.3, 0.4) is 0 Å². The number of rotatable bonds is 6. The van der Waals surface area contributed by atoms with Crippen LogP contribution in [0.4, 0.5) is 0 Å². The standard InChI is InChI=1S/C9H17NO4.HI/c1-10(2,3)6-7-14-9(13)5-4-8(11)12;/h4-7H2,1-3H3;1H. The number of likely N-dealkylation sites (N-methyl/N-ethyl adjacent to an activating group) is 1. The molecule has 0 saturated heterocycles. The Labute approximate surface area is 107 Å². The zero-order valence-corrected chi connectivity index (χ0v) is 11.5. The van der Waals surface area contributed by atoms with Crippen LogP contribution < -0.4 is 24.0 Å². The number of nitrogens with zero attached hydrogens (tertiary/aromatic N) is 1. The molecule has 0 bridgehead atoms. The quantitative estimate of drug-likeness (QED) is 0.322. The summed E-state index contributed by atoms with van der Waals surface area (Å²) in [5, 5.41) is 8.31. The zero-order chi connectivity index (χ0) is 11.2. The molecule has 0 atom stereocenters. The lowest BCUT2D eigenvalue weighted by Crippen LogP contribution is -3.00. The first-order valence-electron chi connectivity index (χ1n) is 4.49. The van der Waals surface area contributed by atoms with Crippen molar-refractivity contribution in [3.63, 3.8) is 0 Å². The van der Waals surface area contributed by atoms with Gasteiger partial charge in [-0.2, -0.15) is 0 Å². The molecule has 0 saturated carbocycles. The minimum absolute atomic E-state index is 0. The second-order valence-corrected chi connectivity index (χ2v) is 4.13. The van der Waals surface area contributed by atoms with Gasteiger partial charge in [0.1, 0.15) is 13.2 Å². The molecule has 0 aliphatic heterocycles. The minimum Gasteiger partial charge on any atom is -1.00 e. The molecule has 90 valence electrons. The van der Waals surface area contributed by atoms with Gasteiger partial charge >= 0.3 is 11.9 Å². The number of carboxylic acid groups (broad SMARTS) is 1. The van der Waals surface area contributed by atoms with Crippen molar-refractivity contribution in [1.82, 2.24) is 0 Å². The minimum atomic E-state index is -0.978. The van der Waals surface area contributed by atoms with Crippen LogP contribution in [0.2, 0.25) is 0 Å². The molecule has 6 heteroatoms. The lowest BCUT2D eigenvalue weighted by Gasteiger charge is -2.23. The molecule has 0 amide bonds. The van der Waals surface area contributed by atoms with Gasteiger partial charge in [-0.15, -0.1) is 0 Å². The smallest absolute Gasteiger partial charge is 0.306 e. The topological polar surface area (TPSA) is 63.6 Å². The Balaban J connectivity index is 0. The number of quaternary nitrogens is 1. The maximum atomic E-state index is 10.9. The van der Waals surface area contributed by atoms with Gasteiger partial charge in [0.2, 0.25) is 0 Å². The lowest BCUT2D eigenvalue weighted by molar-refractivity contribution is -0.870. The summed E-state index contributed by atoms with van der Waals surface area (Å²) in [6, 6.07) is 0. The van der Waals surface area contributed by atoms with Crippen LogP contribution in [0, 0.1) is 0 Å². The van der Waals surface area contributed by atoms with E-state index in [2.05, 4.69) is 0 Å². The van der Waals surface area contributed by atoms with E-state index in [9.17, 15) is 9.59 Å². The molecule has 0 aliphatic rings. The molecule has 0 aromatic carbocycles. The predicted molar refractivity (Wildman–Crippen MR) is 50.7 cm³/mol. The van der Waals surface area contributed by atoms with Crippen molar-refractivity contribution in [2.24, 2.45) is 0 Å². The van der Waals surface area contributed by atoms with Gasteiger partial charge in [0.25, 0.3) is 0 Å². The number of halogens is 1. The van der Waals surface area contributed by atoms with E-state index in [4.69, 9.17) is 9.84 Å². The first-order valence-corrected chi connectivity index (χ1v) is 4.49. The van der Waals surface area contributed by atoms with E-state index in [0.29, 0.717) is 11.1 Å². The van der Waals surface area contributed by atoms with Gasteiger partial charge in [0, 0.05) is 0 Å². The van der Waals surface area contributed by atoms with E-state index < -0.39 is 11.9 Å². The van der Waals surface area contributed by atoms with Crippen LogP contribution in [-0.4, -0.2) is 55.8 Å². The third-order valence-electron chi connectivity index (χ3n) is 1.57. The number of ether oxygens (including phenoxy) is 1. The highest BCUT2D eigenvalue weighted by Crippen LogP contribution is 1.95. The molecule has 0 fully saturated rings. The Morgan fingerprint density at radius 1 is 1.20 bits per heavy atom. The first kappa shape index (κ1) is 17.0. The maximum absolute atomic E-state index is 10.9. The Bertz CT molecular complexity index is 213. The molecule has 0 spiro atoms. The molecular formula is C9H18INO4. The second kappa shape index (κ2) is 7.86. The molecule has 0 aromatic heterocycles. The fourth-order valence-electron chi connectivity index (χ4n) is 0.715. The molecule has 0 unspecified atom stereocenters. The van der Waals surface area contributed by atoms with Gasteiger partial charge in [-0.05, 0) is 0 Å². The van der Waals surface area contributed by atoms with Gasteiger partial charge in [0.15, 0.2) is 0 Å². The van der Waals surface area contributed by atoms with Crippen molar-refractivity contribution in [3.8, 4) is 0 Å². The van der Waals surface area contributed by atoms with Gasteiger partial charge < -0.3 is 38.3 Å². The number of aliphatic carboxylic acids is 1. The summed E-state index contributed by atoms with van der Waals surface area (Å²) < 4.78 is 5.57. The summed E-state index contributed by atoms with van der Waals surface area (Å²) in [5.41, 5.74) is 0. The SMILES string of the molecule is C[N+](C)(C)CCOC(=O)CCC(=O)O.[I-]. The highest BCUT2D eigenvalue weighted by atomic mass is 127. The Kier molecular flexibility index (Phi) is 8.93. The summed E-state index contributed by atoms with van der Waals surface area (Å²) in [6.45, 7) is 1.06. The van der Waals surface area contributed by atoms with Crippen LogP contribution in [-0.2, 0) is 14.3 Å². The Morgan fingerprint density at radius 2 is 1.73 bits per heavy atom. The first-order chi connectivity index (χ1) is 6.31. The maximum Gasteiger partial charge on any atom is 0.306 e. The zero-order valence-electron chi connectivity index (χ0n) is 9.33. The fourth-order valence-corrected chi connectivity index (χ4v) is 0.715. The summed E-state index contributed by atoms with van der Waals surface area (Å²) >= 11 is 0. The van der Waals surface area contributed by atoms with E-state index in [1.165, 1.54) is 0 Å². The van der Waals surface area contributed by atoms with Gasteiger partial charge in [-0.25, -0.2) is 0 Å². The predicted octanol–water partition coefficient (Wildman–Crippen LogP) is -2.90. The molecule has 5 nitrogen and oxygen atoms in total. The van der Waals surface area contributed by atoms with Crippen LogP contribution in [0.5, 0.6) is 0 Å². The van der Waals surface area contributed by atoms with E-state index in [-0.39, 0.29) is 36.8 Å². The van der Waals surface area contributed by atoms with Crippen molar-refractivity contribution in [2.75, 3.05) is 34.3 Å². The van der Waals surface area contributed by atoms with Crippen molar-refractivity contribution in [2.45, 2.75) is 12.8 Å². The van der Waals surface area contributed by atoms with Gasteiger partial charge in [-0.1, -0.05) is 0 Å². The van der Waals surface area contributed by atoms with E-state index in [0.717, 1.165) is 6.54 Å². The van der Waals surface area contributed by atoms with E-state index in [1.807, 2.05) is 21.1 Å².